The Morgan fingerprint density at radius 2 is 1.83 bits per heavy atom. The van der Waals surface area contributed by atoms with Gasteiger partial charge in [0.25, 0.3) is 0 Å². The third kappa shape index (κ3) is 6.51. The van der Waals surface area contributed by atoms with Gasteiger partial charge in [-0.25, -0.2) is 4.79 Å². The van der Waals surface area contributed by atoms with E-state index in [1.165, 1.54) is 0 Å². The van der Waals surface area contributed by atoms with Crippen molar-refractivity contribution < 1.29 is 19.1 Å². The van der Waals surface area contributed by atoms with Gasteiger partial charge in [0, 0.05) is 6.54 Å². The summed E-state index contributed by atoms with van der Waals surface area (Å²) in [5.41, 5.74) is 5.99. The number of alkyl carbamates (subject to hydrolysis) is 1. The number of benzene rings is 2. The molecule has 1 aliphatic heterocycles. The molecule has 0 radical (unpaired) electrons. The molecule has 158 valence electrons. The molecule has 3 rings (SSSR count). The molecule has 8 nitrogen and oxygen atoms in total. The molecule has 1 heterocycles. The second-order valence-electron chi connectivity index (χ2n) is 6.66. The minimum atomic E-state index is -0.458. The number of nitrogens with one attached hydrogen (secondary N) is 2. The molecular formula is C22H26N4O4. The summed E-state index contributed by atoms with van der Waals surface area (Å²) in [5.74, 6) is 0.290. The number of aliphatic imine (C=N–C) groups is 1. The molecule has 0 fully saturated rings. The normalized spacial score (nSPS) is 13.1. The van der Waals surface area contributed by atoms with Gasteiger partial charge in [-0.1, -0.05) is 42.5 Å². The molecule has 0 saturated heterocycles. The fourth-order valence-electron chi connectivity index (χ4n) is 2.91. The van der Waals surface area contributed by atoms with Crippen LogP contribution in [-0.2, 0) is 27.4 Å². The number of amides is 1. The van der Waals surface area contributed by atoms with Gasteiger partial charge in [-0.2, -0.15) is 0 Å². The van der Waals surface area contributed by atoms with Gasteiger partial charge < -0.3 is 14.8 Å². The van der Waals surface area contributed by atoms with E-state index in [1.807, 2.05) is 59.6 Å². The van der Waals surface area contributed by atoms with Gasteiger partial charge in [-0.15, -0.1) is 0 Å². The van der Waals surface area contributed by atoms with E-state index < -0.39 is 6.09 Å². The van der Waals surface area contributed by atoms with E-state index in [0.29, 0.717) is 32.1 Å². The smallest absolute Gasteiger partial charge is 0.407 e. The number of hydrazine groups is 1. The SMILES string of the molecule is CCOC(=O)CC1=NCCN(c2ccc(CNC(=O)OCc3ccccc3)cc2)N1. The summed E-state index contributed by atoms with van der Waals surface area (Å²) in [4.78, 5) is 27.9. The van der Waals surface area contributed by atoms with Crippen molar-refractivity contribution in [1.82, 2.24) is 10.7 Å². The topological polar surface area (TPSA) is 92.3 Å². The van der Waals surface area contributed by atoms with Gasteiger partial charge in [0.1, 0.15) is 18.9 Å². The molecule has 0 aliphatic carbocycles. The summed E-state index contributed by atoms with van der Waals surface area (Å²) in [6.45, 7) is 4.03. The maximum absolute atomic E-state index is 11.9. The number of hydrogen-bond donors (Lipinski definition) is 2. The second kappa shape index (κ2) is 10.8. The van der Waals surface area contributed by atoms with Crippen LogP contribution in [0.4, 0.5) is 10.5 Å². The number of hydrogen-bond acceptors (Lipinski definition) is 7. The van der Waals surface area contributed by atoms with Crippen LogP contribution in [0.25, 0.3) is 0 Å². The molecule has 2 aromatic carbocycles. The lowest BCUT2D eigenvalue weighted by Gasteiger charge is -2.30. The van der Waals surface area contributed by atoms with Gasteiger partial charge in [-0.3, -0.25) is 20.2 Å². The zero-order chi connectivity index (χ0) is 21.2. The lowest BCUT2D eigenvalue weighted by Crippen LogP contribution is -2.48. The Morgan fingerprint density at radius 3 is 2.57 bits per heavy atom. The van der Waals surface area contributed by atoms with Crippen molar-refractivity contribution in [3.8, 4) is 0 Å². The minimum absolute atomic E-state index is 0.122. The quantitative estimate of drug-likeness (QED) is 0.650. The van der Waals surface area contributed by atoms with Crippen LogP contribution in [0.1, 0.15) is 24.5 Å². The number of nitrogens with zero attached hydrogens (tertiary/aromatic N) is 2. The highest BCUT2D eigenvalue weighted by Gasteiger charge is 2.16. The van der Waals surface area contributed by atoms with Crippen LogP contribution in [0.2, 0.25) is 0 Å². The number of esters is 1. The van der Waals surface area contributed by atoms with Crippen molar-refractivity contribution >= 4 is 23.6 Å². The predicted octanol–water partition coefficient (Wildman–Crippen LogP) is 2.79. The molecular weight excluding hydrogens is 384 g/mol. The first kappa shape index (κ1) is 21.2. The monoisotopic (exact) mass is 410 g/mol. The Labute approximate surface area is 175 Å². The van der Waals surface area contributed by atoms with Crippen molar-refractivity contribution in [1.29, 1.82) is 0 Å². The first-order valence-electron chi connectivity index (χ1n) is 9.90. The highest BCUT2D eigenvalue weighted by Crippen LogP contribution is 2.15. The summed E-state index contributed by atoms with van der Waals surface area (Å²) in [7, 11) is 0. The Hall–Kier alpha value is -3.55. The molecule has 2 N–H and O–H groups in total. The lowest BCUT2D eigenvalue weighted by molar-refractivity contribution is -0.141. The van der Waals surface area contributed by atoms with E-state index in [4.69, 9.17) is 9.47 Å². The second-order valence-corrected chi connectivity index (χ2v) is 6.66. The van der Waals surface area contributed by atoms with Crippen LogP contribution in [-0.4, -0.2) is 37.6 Å². The summed E-state index contributed by atoms with van der Waals surface area (Å²) in [6, 6.07) is 17.3. The van der Waals surface area contributed by atoms with E-state index in [1.54, 1.807) is 6.92 Å². The third-order valence-electron chi connectivity index (χ3n) is 4.41. The molecule has 30 heavy (non-hydrogen) atoms. The number of carbonyl (C=O) groups is 2. The van der Waals surface area contributed by atoms with Crippen molar-refractivity contribution in [3.05, 3.63) is 65.7 Å². The Balaban J connectivity index is 1.45. The summed E-state index contributed by atoms with van der Waals surface area (Å²) in [5, 5.41) is 4.69. The van der Waals surface area contributed by atoms with Gasteiger partial charge >= 0.3 is 12.1 Å². The average molecular weight is 410 g/mol. The number of anilines is 1. The van der Waals surface area contributed by atoms with Crippen LogP contribution in [0.3, 0.4) is 0 Å². The summed E-state index contributed by atoms with van der Waals surface area (Å²) < 4.78 is 10.2. The Morgan fingerprint density at radius 1 is 1.07 bits per heavy atom. The van der Waals surface area contributed by atoms with E-state index in [2.05, 4.69) is 15.7 Å². The van der Waals surface area contributed by atoms with Crippen molar-refractivity contribution in [2.24, 2.45) is 4.99 Å². The van der Waals surface area contributed by atoms with Crippen molar-refractivity contribution in [2.45, 2.75) is 26.5 Å². The van der Waals surface area contributed by atoms with Crippen LogP contribution in [0, 0.1) is 0 Å². The maximum atomic E-state index is 11.9. The Kier molecular flexibility index (Phi) is 7.65. The molecule has 8 heteroatoms. The summed E-state index contributed by atoms with van der Waals surface area (Å²) >= 11 is 0. The highest BCUT2D eigenvalue weighted by molar-refractivity contribution is 5.98. The molecule has 0 unspecified atom stereocenters. The molecule has 0 saturated carbocycles. The summed E-state index contributed by atoms with van der Waals surface area (Å²) in [6.07, 6.45) is -0.335. The Bertz CT molecular complexity index is 868. The van der Waals surface area contributed by atoms with Crippen molar-refractivity contribution in [2.75, 3.05) is 24.7 Å². The minimum Gasteiger partial charge on any atom is -0.466 e. The van der Waals surface area contributed by atoms with E-state index in [-0.39, 0.29) is 19.0 Å². The van der Waals surface area contributed by atoms with E-state index >= 15 is 0 Å². The molecule has 0 bridgehead atoms. The van der Waals surface area contributed by atoms with Gasteiger partial charge in [-0.05, 0) is 30.2 Å². The molecule has 0 spiro atoms. The van der Waals surface area contributed by atoms with Gasteiger partial charge in [0.2, 0.25) is 0 Å². The fourth-order valence-corrected chi connectivity index (χ4v) is 2.91. The van der Waals surface area contributed by atoms with E-state index in [9.17, 15) is 9.59 Å². The van der Waals surface area contributed by atoms with E-state index in [0.717, 1.165) is 16.8 Å². The van der Waals surface area contributed by atoms with Gasteiger partial charge in [0.05, 0.1) is 25.4 Å². The number of ether oxygens (including phenoxy) is 2. The average Bonchev–Trinajstić information content (AvgIpc) is 2.77. The molecule has 2 aromatic rings. The zero-order valence-electron chi connectivity index (χ0n) is 17.0. The van der Waals surface area contributed by atoms with Crippen LogP contribution in [0.5, 0.6) is 0 Å². The number of amidine groups is 1. The lowest BCUT2D eigenvalue weighted by atomic mass is 10.2. The molecule has 0 aromatic heterocycles. The van der Waals surface area contributed by atoms with Crippen LogP contribution in [0.15, 0.2) is 59.6 Å². The first-order valence-corrected chi connectivity index (χ1v) is 9.90. The first-order chi connectivity index (χ1) is 14.6. The standard InChI is InChI=1S/C22H26N4O4/c1-2-29-21(27)14-20-23-12-13-26(25-20)19-10-8-17(9-11-19)15-24-22(28)30-16-18-6-4-3-5-7-18/h3-11H,2,12-16H2,1H3,(H,23,25)(H,24,28). The predicted molar refractivity (Wildman–Crippen MR) is 114 cm³/mol. The maximum Gasteiger partial charge on any atom is 0.407 e. The molecule has 0 atom stereocenters. The largest absolute Gasteiger partial charge is 0.466 e. The fraction of sp³-hybridized carbons (Fsp3) is 0.318. The van der Waals surface area contributed by atoms with Crippen molar-refractivity contribution in [3.63, 3.8) is 0 Å². The third-order valence-corrected chi connectivity index (χ3v) is 4.41. The molecule has 1 aliphatic rings. The molecule has 1 amide bonds. The number of rotatable bonds is 8. The van der Waals surface area contributed by atoms with Gasteiger partial charge in [0.15, 0.2) is 0 Å². The number of carbonyl (C=O) groups excluding carboxylic acids is 2. The van der Waals surface area contributed by atoms with Crippen LogP contribution < -0.4 is 15.8 Å². The van der Waals surface area contributed by atoms with Crippen LogP contribution >= 0.6 is 0 Å². The highest BCUT2D eigenvalue weighted by atomic mass is 16.5. The zero-order valence-corrected chi connectivity index (χ0v) is 17.0.